The van der Waals surface area contributed by atoms with Crippen molar-refractivity contribution in [3.63, 3.8) is 0 Å². The first-order valence-electron chi connectivity index (χ1n) is 6.55. The molecule has 1 aromatic heterocycles. The van der Waals surface area contributed by atoms with Crippen molar-refractivity contribution in [1.82, 2.24) is 4.98 Å². The number of aliphatic hydroxyl groups excluding tert-OH is 2. The monoisotopic (exact) mass is 323 g/mol. The van der Waals surface area contributed by atoms with Crippen LogP contribution in [0, 0.1) is 27.7 Å². The highest BCUT2D eigenvalue weighted by atomic mass is 32.1. The number of nitrogens with zero attached hydrogens (tertiary/aromatic N) is 1. The number of oxazole rings is 1. The lowest BCUT2D eigenvalue weighted by molar-refractivity contribution is 0.458. The molecule has 2 N–H and O–H groups in total. The molecule has 1 unspecified atom stereocenters. The number of aryl methyl sites for hydroxylation is 2. The minimum Gasteiger partial charge on any atom is -0.502 e. The van der Waals surface area contributed by atoms with Crippen LogP contribution in [-0.4, -0.2) is 25.3 Å². The average Bonchev–Trinajstić information content (AvgIpc) is 2.84. The van der Waals surface area contributed by atoms with E-state index in [1.807, 2.05) is 27.7 Å². The Morgan fingerprint density at radius 2 is 1.62 bits per heavy atom. The molecule has 0 saturated heterocycles. The Hall–Kier alpha value is -1.53. The van der Waals surface area contributed by atoms with Gasteiger partial charge in [0.25, 0.3) is 0 Å². The molecular formula is C15H17NO3S2. The van der Waals surface area contributed by atoms with Crippen LogP contribution >= 0.6 is 24.4 Å². The predicted octanol–water partition coefficient (Wildman–Crippen LogP) is 4.31. The largest absolute Gasteiger partial charge is 0.502 e. The third-order valence-electron chi connectivity index (χ3n) is 4.00. The van der Waals surface area contributed by atoms with Gasteiger partial charge in [-0.15, -0.1) is 0 Å². The van der Waals surface area contributed by atoms with E-state index >= 15 is 0 Å². The lowest BCUT2D eigenvalue weighted by Crippen LogP contribution is -2.13. The number of aromatic nitrogens is 1. The van der Waals surface area contributed by atoms with E-state index in [1.54, 1.807) is 0 Å². The zero-order valence-electron chi connectivity index (χ0n) is 12.4. The fourth-order valence-electron chi connectivity index (χ4n) is 2.36. The van der Waals surface area contributed by atoms with Crippen LogP contribution < -0.4 is 0 Å². The second-order valence-corrected chi connectivity index (χ2v) is 6.11. The van der Waals surface area contributed by atoms with Gasteiger partial charge in [0.15, 0.2) is 15.7 Å². The molecule has 0 spiro atoms. The minimum absolute atomic E-state index is 0.0214. The molecule has 2 rings (SSSR count). The number of benzene rings is 1. The zero-order valence-corrected chi connectivity index (χ0v) is 14.0. The topological polar surface area (TPSA) is 66.5 Å². The fraction of sp³-hybridized carbons (Fsp3) is 0.400. The number of hydrogen-bond acceptors (Lipinski definition) is 4. The standard InChI is InChI=1S/C15H17NO3S2/c1-6-7(2)9(4)13-12(8(6)3)16-14(19-13)10(15(18)21)5-11(17)20/h10H,5H2,1-4H3,(H,17,20)(H,18,21). The van der Waals surface area contributed by atoms with Gasteiger partial charge in [0.2, 0.25) is 5.89 Å². The van der Waals surface area contributed by atoms with Gasteiger partial charge in [-0.25, -0.2) is 4.98 Å². The molecule has 0 fully saturated rings. The van der Waals surface area contributed by atoms with Gasteiger partial charge in [0, 0.05) is 6.42 Å². The molecule has 0 aliphatic carbocycles. The van der Waals surface area contributed by atoms with Crippen molar-refractivity contribution in [2.24, 2.45) is 0 Å². The van der Waals surface area contributed by atoms with Crippen LogP contribution in [0.15, 0.2) is 4.42 Å². The van der Waals surface area contributed by atoms with Gasteiger partial charge in [0.1, 0.15) is 11.4 Å². The van der Waals surface area contributed by atoms with Crippen LogP contribution in [0.1, 0.15) is 40.5 Å². The summed E-state index contributed by atoms with van der Waals surface area (Å²) >= 11 is 9.50. The van der Waals surface area contributed by atoms with Gasteiger partial charge in [-0.05, 0) is 74.4 Å². The quantitative estimate of drug-likeness (QED) is 0.818. The molecule has 6 heteroatoms. The van der Waals surface area contributed by atoms with Crippen LogP contribution in [0.5, 0.6) is 0 Å². The summed E-state index contributed by atoms with van der Waals surface area (Å²) < 4.78 is 5.81. The predicted molar refractivity (Wildman–Crippen MR) is 90.8 cm³/mol. The van der Waals surface area contributed by atoms with Gasteiger partial charge in [0.05, 0.1) is 0 Å². The number of aliphatic hydroxyl groups is 2. The molecule has 0 radical (unpaired) electrons. The van der Waals surface area contributed by atoms with Gasteiger partial charge >= 0.3 is 0 Å². The van der Waals surface area contributed by atoms with Gasteiger partial charge in [-0.2, -0.15) is 0 Å². The summed E-state index contributed by atoms with van der Waals surface area (Å²) in [7, 11) is 0. The van der Waals surface area contributed by atoms with Crippen LogP contribution in [0.2, 0.25) is 0 Å². The van der Waals surface area contributed by atoms with Crippen LogP contribution in [-0.2, 0) is 0 Å². The van der Waals surface area contributed by atoms with E-state index in [2.05, 4.69) is 17.2 Å². The van der Waals surface area contributed by atoms with Crippen molar-refractivity contribution in [3.8, 4) is 0 Å². The van der Waals surface area contributed by atoms with Gasteiger partial charge in [-0.3, -0.25) is 0 Å². The number of thiocarbonyl (C=S) groups is 2. The summed E-state index contributed by atoms with van der Waals surface area (Å²) in [6, 6.07) is 0. The van der Waals surface area contributed by atoms with Crippen LogP contribution in [0.3, 0.4) is 0 Å². The van der Waals surface area contributed by atoms with Crippen LogP contribution in [0.4, 0.5) is 0 Å². The maximum Gasteiger partial charge on any atom is 0.207 e. The summed E-state index contributed by atoms with van der Waals surface area (Å²) in [4.78, 5) is 4.46. The first-order chi connectivity index (χ1) is 9.73. The lowest BCUT2D eigenvalue weighted by Gasteiger charge is -2.08. The summed E-state index contributed by atoms with van der Waals surface area (Å²) in [5.41, 5.74) is 5.83. The molecule has 1 aromatic carbocycles. The molecule has 112 valence electrons. The zero-order chi connectivity index (χ0) is 15.9. The Morgan fingerprint density at radius 1 is 1.05 bits per heavy atom. The van der Waals surface area contributed by atoms with E-state index < -0.39 is 5.92 Å². The van der Waals surface area contributed by atoms with Crippen molar-refractivity contribution < 1.29 is 14.6 Å². The molecule has 1 heterocycles. The van der Waals surface area contributed by atoms with E-state index in [-0.39, 0.29) is 22.4 Å². The second kappa shape index (κ2) is 5.69. The summed E-state index contributed by atoms with van der Waals surface area (Å²) in [5.74, 6) is -0.422. The normalized spacial score (nSPS) is 12.6. The van der Waals surface area contributed by atoms with E-state index in [0.717, 1.165) is 22.2 Å². The molecule has 0 saturated carbocycles. The molecule has 0 aliphatic rings. The number of hydrogen-bond donors (Lipinski definition) is 2. The highest BCUT2D eigenvalue weighted by Gasteiger charge is 2.26. The van der Waals surface area contributed by atoms with Crippen molar-refractivity contribution in [2.45, 2.75) is 40.0 Å². The Labute approximate surface area is 133 Å². The van der Waals surface area contributed by atoms with E-state index in [4.69, 9.17) is 16.6 Å². The molecule has 0 bridgehead atoms. The molecule has 0 amide bonds. The SMILES string of the molecule is Cc1c(C)c(C)c2oc(C(CC(O)=S)C(O)=S)nc2c1C. The van der Waals surface area contributed by atoms with E-state index in [0.29, 0.717) is 5.58 Å². The van der Waals surface area contributed by atoms with Gasteiger partial charge < -0.3 is 14.6 Å². The molecule has 4 nitrogen and oxygen atoms in total. The highest BCUT2D eigenvalue weighted by Crippen LogP contribution is 2.32. The number of rotatable bonds is 4. The molecule has 2 aromatic rings. The Bertz CT molecular complexity index is 704. The summed E-state index contributed by atoms with van der Waals surface area (Å²) in [6.45, 7) is 8.04. The Kier molecular flexibility index (Phi) is 4.30. The first kappa shape index (κ1) is 15.9. The lowest BCUT2D eigenvalue weighted by atomic mass is 9.98. The third kappa shape index (κ3) is 2.78. The summed E-state index contributed by atoms with van der Waals surface area (Å²) in [6.07, 6.45) is 0.0214. The third-order valence-corrected chi connectivity index (χ3v) is 4.45. The van der Waals surface area contributed by atoms with Crippen molar-refractivity contribution >= 4 is 45.6 Å². The second-order valence-electron chi connectivity index (χ2n) is 5.22. The summed E-state index contributed by atoms with van der Waals surface area (Å²) in [5, 5.41) is 18.4. The van der Waals surface area contributed by atoms with Crippen molar-refractivity contribution in [2.75, 3.05) is 0 Å². The van der Waals surface area contributed by atoms with Crippen molar-refractivity contribution in [3.05, 3.63) is 28.1 Å². The van der Waals surface area contributed by atoms with Crippen molar-refractivity contribution in [1.29, 1.82) is 0 Å². The fourth-order valence-corrected chi connectivity index (χ4v) is 2.71. The number of fused-ring (bicyclic) bond motifs is 1. The first-order valence-corrected chi connectivity index (χ1v) is 7.37. The van der Waals surface area contributed by atoms with E-state index in [9.17, 15) is 10.2 Å². The smallest absolute Gasteiger partial charge is 0.207 e. The molecule has 0 aliphatic heterocycles. The molecular weight excluding hydrogens is 306 g/mol. The maximum absolute atomic E-state index is 9.65. The maximum atomic E-state index is 9.65. The highest BCUT2D eigenvalue weighted by molar-refractivity contribution is 7.80. The Morgan fingerprint density at radius 3 is 2.14 bits per heavy atom. The average molecular weight is 323 g/mol. The van der Waals surface area contributed by atoms with Gasteiger partial charge in [-0.1, -0.05) is 0 Å². The Balaban J connectivity index is 2.67. The minimum atomic E-state index is -0.704. The van der Waals surface area contributed by atoms with Crippen LogP contribution in [0.25, 0.3) is 11.1 Å². The van der Waals surface area contributed by atoms with E-state index in [1.165, 1.54) is 5.56 Å². The molecule has 21 heavy (non-hydrogen) atoms. The molecule has 1 atom stereocenters.